The molecule has 1 N–H and O–H groups in total. The van der Waals surface area contributed by atoms with E-state index in [1.165, 1.54) is 29.2 Å². The zero-order valence-electron chi connectivity index (χ0n) is 19.0. The van der Waals surface area contributed by atoms with Crippen molar-refractivity contribution < 1.29 is 32.5 Å². The highest BCUT2D eigenvalue weighted by Gasteiger charge is 2.31. The number of alkyl halides is 3. The van der Waals surface area contributed by atoms with E-state index in [0.29, 0.717) is 33.3 Å². The van der Waals surface area contributed by atoms with Crippen molar-refractivity contribution in [2.75, 3.05) is 7.05 Å². The second kappa shape index (κ2) is 8.93. The highest BCUT2D eigenvalue weighted by atomic mass is 19.4. The molecule has 0 atom stereocenters. The SMILES string of the molecule is CN(Cc1cc(-c2ccc(OC(F)(F)F)cc2)c2ncn(C)c2c1CO)C(=O)OC(C)(C)C. The number of aliphatic hydroxyl groups excluding tert-OH is 1. The number of benzene rings is 2. The van der Waals surface area contributed by atoms with E-state index in [2.05, 4.69) is 9.72 Å². The first-order valence-corrected chi connectivity index (χ1v) is 10.2. The van der Waals surface area contributed by atoms with Gasteiger partial charge in [0, 0.05) is 31.8 Å². The minimum atomic E-state index is -4.78. The van der Waals surface area contributed by atoms with Crippen LogP contribution in [0.2, 0.25) is 0 Å². The van der Waals surface area contributed by atoms with Crippen LogP contribution < -0.4 is 4.74 Å². The van der Waals surface area contributed by atoms with E-state index in [-0.39, 0.29) is 18.9 Å². The summed E-state index contributed by atoms with van der Waals surface area (Å²) in [7, 11) is 3.37. The molecule has 1 aromatic heterocycles. The maximum atomic E-state index is 12.5. The summed E-state index contributed by atoms with van der Waals surface area (Å²) in [4.78, 5) is 18.3. The van der Waals surface area contributed by atoms with Crippen molar-refractivity contribution in [2.45, 2.75) is 45.9 Å². The van der Waals surface area contributed by atoms with Gasteiger partial charge in [-0.2, -0.15) is 0 Å². The van der Waals surface area contributed by atoms with Gasteiger partial charge in [0.2, 0.25) is 0 Å². The molecule has 0 saturated heterocycles. The maximum Gasteiger partial charge on any atom is 0.573 e. The molecule has 0 bridgehead atoms. The van der Waals surface area contributed by atoms with Crippen molar-refractivity contribution in [3.8, 4) is 16.9 Å². The van der Waals surface area contributed by atoms with Crippen LogP contribution in [0.15, 0.2) is 36.7 Å². The first kappa shape index (κ1) is 24.4. The number of carbonyl (C=O) groups excluding carboxylic acids is 1. The average Bonchev–Trinajstić information content (AvgIpc) is 3.07. The number of halogens is 3. The van der Waals surface area contributed by atoms with Crippen LogP contribution in [0.3, 0.4) is 0 Å². The summed E-state index contributed by atoms with van der Waals surface area (Å²) < 4.78 is 48.6. The van der Waals surface area contributed by atoms with Crippen LogP contribution in [0, 0.1) is 0 Å². The van der Waals surface area contributed by atoms with Gasteiger partial charge < -0.3 is 24.0 Å². The third kappa shape index (κ3) is 5.75. The van der Waals surface area contributed by atoms with Crippen LogP contribution >= 0.6 is 0 Å². The second-order valence-corrected chi connectivity index (χ2v) is 8.68. The fourth-order valence-electron chi connectivity index (χ4n) is 3.50. The highest BCUT2D eigenvalue weighted by molar-refractivity contribution is 5.95. The molecule has 1 heterocycles. The van der Waals surface area contributed by atoms with Gasteiger partial charge in [-0.25, -0.2) is 9.78 Å². The lowest BCUT2D eigenvalue weighted by Gasteiger charge is -2.25. The predicted molar refractivity (Wildman–Crippen MR) is 116 cm³/mol. The molecule has 3 aromatic rings. The lowest BCUT2D eigenvalue weighted by atomic mass is 9.96. The largest absolute Gasteiger partial charge is 0.573 e. The molecule has 0 saturated carbocycles. The number of aliphatic hydroxyl groups is 1. The molecule has 10 heteroatoms. The standard InChI is InChI=1S/C23H26F3N3O4/c1-22(2,3)33-21(31)28(4)11-15-10-17(19-20(18(15)12-30)29(5)13-27-19)14-6-8-16(9-7-14)32-23(24,25)26/h6-10,13,30H,11-12H2,1-5H3. The van der Waals surface area contributed by atoms with Gasteiger partial charge in [-0.1, -0.05) is 12.1 Å². The minimum absolute atomic E-state index is 0.147. The molecule has 2 aromatic carbocycles. The molecular weight excluding hydrogens is 439 g/mol. The Morgan fingerprint density at radius 1 is 1.18 bits per heavy atom. The number of fused-ring (bicyclic) bond motifs is 1. The molecule has 0 aliphatic rings. The Balaban J connectivity index is 2.05. The van der Waals surface area contributed by atoms with Crippen molar-refractivity contribution >= 4 is 17.1 Å². The monoisotopic (exact) mass is 465 g/mol. The summed E-state index contributed by atoms with van der Waals surface area (Å²) in [6.45, 7) is 5.16. The molecule has 33 heavy (non-hydrogen) atoms. The number of rotatable bonds is 5. The van der Waals surface area contributed by atoms with Crippen LogP contribution in [0.1, 0.15) is 31.9 Å². The summed E-state index contributed by atoms with van der Waals surface area (Å²) >= 11 is 0. The first-order chi connectivity index (χ1) is 15.3. The fraction of sp³-hybridized carbons (Fsp3) is 0.391. The third-order valence-corrected chi connectivity index (χ3v) is 4.85. The molecule has 0 radical (unpaired) electrons. The summed E-state index contributed by atoms with van der Waals surface area (Å²) in [6, 6.07) is 7.24. The van der Waals surface area contributed by atoms with E-state index in [4.69, 9.17) is 4.74 Å². The number of amides is 1. The van der Waals surface area contributed by atoms with Crippen LogP contribution in [-0.4, -0.2) is 44.7 Å². The number of imidazole rings is 1. The van der Waals surface area contributed by atoms with E-state index >= 15 is 0 Å². The lowest BCUT2D eigenvalue weighted by molar-refractivity contribution is -0.274. The molecule has 178 valence electrons. The van der Waals surface area contributed by atoms with Gasteiger partial charge in [0.1, 0.15) is 11.4 Å². The summed E-state index contributed by atoms with van der Waals surface area (Å²) in [6.07, 6.45) is -3.71. The molecule has 0 unspecified atom stereocenters. The van der Waals surface area contributed by atoms with Crippen molar-refractivity contribution in [3.63, 3.8) is 0 Å². The zero-order chi connectivity index (χ0) is 24.6. The van der Waals surface area contributed by atoms with Gasteiger partial charge in [0.25, 0.3) is 0 Å². The minimum Gasteiger partial charge on any atom is -0.444 e. The zero-order valence-corrected chi connectivity index (χ0v) is 19.0. The highest BCUT2D eigenvalue weighted by Crippen LogP contribution is 2.34. The topological polar surface area (TPSA) is 76.8 Å². The normalized spacial score (nSPS) is 12.2. The van der Waals surface area contributed by atoms with E-state index in [9.17, 15) is 23.1 Å². The third-order valence-electron chi connectivity index (χ3n) is 4.85. The first-order valence-electron chi connectivity index (χ1n) is 10.2. The number of carbonyl (C=O) groups is 1. The number of aromatic nitrogens is 2. The van der Waals surface area contributed by atoms with Crippen molar-refractivity contribution in [1.29, 1.82) is 0 Å². The van der Waals surface area contributed by atoms with Gasteiger partial charge in [-0.05, 0) is 50.1 Å². The average molecular weight is 465 g/mol. The Bertz CT molecular complexity index is 1150. The molecule has 1 amide bonds. The van der Waals surface area contributed by atoms with E-state index in [1.54, 1.807) is 51.8 Å². The molecule has 7 nitrogen and oxygen atoms in total. The summed E-state index contributed by atoms with van der Waals surface area (Å²) in [5, 5.41) is 10.1. The van der Waals surface area contributed by atoms with Crippen LogP contribution in [0.5, 0.6) is 5.75 Å². The Morgan fingerprint density at radius 3 is 2.36 bits per heavy atom. The smallest absolute Gasteiger partial charge is 0.444 e. The predicted octanol–water partition coefficient (Wildman–Crippen LogP) is 5.00. The van der Waals surface area contributed by atoms with Crippen LogP contribution in [-0.2, 0) is 24.9 Å². The fourth-order valence-corrected chi connectivity index (χ4v) is 3.50. The molecule has 0 aliphatic carbocycles. The van der Waals surface area contributed by atoms with Gasteiger partial charge >= 0.3 is 12.5 Å². The van der Waals surface area contributed by atoms with E-state index < -0.39 is 18.1 Å². The van der Waals surface area contributed by atoms with Gasteiger partial charge in [0.05, 0.1) is 24.0 Å². The Morgan fingerprint density at radius 2 is 1.82 bits per heavy atom. The quantitative estimate of drug-likeness (QED) is 0.574. The molecule has 0 aliphatic heterocycles. The van der Waals surface area contributed by atoms with Crippen molar-refractivity contribution in [1.82, 2.24) is 14.5 Å². The van der Waals surface area contributed by atoms with Gasteiger partial charge in [0.15, 0.2) is 0 Å². The Hall–Kier alpha value is -3.27. The molecular formula is C23H26F3N3O4. The Labute approximate surface area is 189 Å². The molecule has 0 spiro atoms. The van der Waals surface area contributed by atoms with Gasteiger partial charge in [-0.3, -0.25) is 0 Å². The van der Waals surface area contributed by atoms with E-state index in [1.807, 2.05) is 0 Å². The molecule has 3 rings (SSSR count). The number of hydrogen-bond acceptors (Lipinski definition) is 5. The number of aryl methyl sites for hydroxylation is 1. The number of ether oxygens (including phenoxy) is 2. The Kier molecular flexibility index (Phi) is 6.60. The van der Waals surface area contributed by atoms with E-state index in [0.717, 1.165) is 0 Å². The van der Waals surface area contributed by atoms with Crippen molar-refractivity contribution in [2.24, 2.45) is 7.05 Å². The van der Waals surface area contributed by atoms with Gasteiger partial charge in [-0.15, -0.1) is 13.2 Å². The van der Waals surface area contributed by atoms with Crippen LogP contribution in [0.4, 0.5) is 18.0 Å². The summed E-state index contributed by atoms with van der Waals surface area (Å²) in [5.74, 6) is -0.333. The lowest BCUT2D eigenvalue weighted by Crippen LogP contribution is -2.34. The second-order valence-electron chi connectivity index (χ2n) is 8.68. The summed E-state index contributed by atoms with van der Waals surface area (Å²) in [5.41, 5.74) is 3.09. The number of nitrogens with zero attached hydrogens (tertiary/aromatic N) is 3. The maximum absolute atomic E-state index is 12.5. The number of hydrogen-bond donors (Lipinski definition) is 1. The van der Waals surface area contributed by atoms with Crippen molar-refractivity contribution in [3.05, 3.63) is 47.8 Å². The molecule has 0 fully saturated rings. The van der Waals surface area contributed by atoms with Crippen LogP contribution in [0.25, 0.3) is 22.2 Å².